The summed E-state index contributed by atoms with van der Waals surface area (Å²) < 4.78 is 35.3. The molecular formula is C10H11BF2O3. The van der Waals surface area contributed by atoms with Crippen molar-refractivity contribution >= 4 is 7.69 Å². The van der Waals surface area contributed by atoms with Gasteiger partial charge in [-0.2, -0.15) is 8.78 Å². The van der Waals surface area contributed by atoms with Gasteiger partial charge in [0, 0.05) is 6.08 Å². The first-order valence-corrected chi connectivity index (χ1v) is 4.60. The molecule has 0 radical (unpaired) electrons. The van der Waals surface area contributed by atoms with Crippen LogP contribution in [0.1, 0.15) is 0 Å². The van der Waals surface area contributed by atoms with Gasteiger partial charge in [-0.05, 0) is 12.1 Å². The molecule has 16 heavy (non-hydrogen) atoms. The highest BCUT2D eigenvalue weighted by Crippen LogP contribution is 2.18. The first kappa shape index (κ1) is 12.5. The number of hydrogen-bond acceptors (Lipinski definition) is 3. The van der Waals surface area contributed by atoms with Gasteiger partial charge in [-0.25, -0.2) is 0 Å². The molecule has 0 aliphatic carbocycles. The molecule has 0 aromatic heterocycles. The van der Waals surface area contributed by atoms with E-state index in [1.54, 1.807) is 30.3 Å². The predicted molar refractivity (Wildman–Crippen MR) is 56.5 cm³/mol. The van der Waals surface area contributed by atoms with Gasteiger partial charge in [0.05, 0.1) is 6.26 Å². The highest BCUT2D eigenvalue weighted by Gasteiger charge is 2.26. The first-order valence-electron chi connectivity index (χ1n) is 4.60. The number of alkyl halides is 2. The Morgan fingerprint density at radius 2 is 2.00 bits per heavy atom. The van der Waals surface area contributed by atoms with Crippen molar-refractivity contribution in [1.29, 1.82) is 0 Å². The molecule has 0 amide bonds. The molecule has 3 nitrogen and oxygen atoms in total. The molecule has 0 bridgehead atoms. The molecule has 0 saturated heterocycles. The number of hydrogen-bond donors (Lipinski definition) is 1. The smallest absolute Gasteiger partial charge is 0.503 e. The Balaban J connectivity index is 2.41. The van der Waals surface area contributed by atoms with Crippen LogP contribution in [-0.2, 0) is 4.65 Å². The summed E-state index contributed by atoms with van der Waals surface area (Å²) >= 11 is 0. The largest absolute Gasteiger partial charge is 0.545 e. The molecule has 0 heterocycles. The van der Waals surface area contributed by atoms with E-state index in [1.165, 1.54) is 0 Å². The maximum absolute atomic E-state index is 13.1. The summed E-state index contributed by atoms with van der Waals surface area (Å²) in [7, 11) is -0.633. The number of rotatable bonds is 6. The van der Waals surface area contributed by atoms with Gasteiger partial charge in [-0.1, -0.05) is 18.2 Å². The van der Waals surface area contributed by atoms with E-state index < -0.39 is 20.2 Å². The van der Waals surface area contributed by atoms with E-state index in [1.807, 2.05) is 0 Å². The fourth-order valence-electron chi connectivity index (χ4n) is 0.935. The zero-order valence-corrected chi connectivity index (χ0v) is 8.48. The second kappa shape index (κ2) is 6.12. The van der Waals surface area contributed by atoms with Gasteiger partial charge >= 0.3 is 13.6 Å². The Morgan fingerprint density at radius 1 is 1.31 bits per heavy atom. The van der Waals surface area contributed by atoms with Gasteiger partial charge in [0.15, 0.2) is 6.61 Å². The van der Waals surface area contributed by atoms with Gasteiger partial charge < -0.3 is 14.4 Å². The van der Waals surface area contributed by atoms with E-state index in [9.17, 15) is 8.78 Å². The third kappa shape index (κ3) is 4.79. The van der Waals surface area contributed by atoms with Crippen molar-refractivity contribution in [3.8, 4) is 5.75 Å². The summed E-state index contributed by atoms with van der Waals surface area (Å²) in [6, 6.07) is 8.32. The lowest BCUT2D eigenvalue weighted by atomic mass is 10.3. The third-order valence-electron chi connectivity index (χ3n) is 1.66. The van der Waals surface area contributed by atoms with Crippen molar-refractivity contribution in [2.75, 3.05) is 6.61 Å². The van der Waals surface area contributed by atoms with Crippen LogP contribution < -0.4 is 4.74 Å². The van der Waals surface area contributed by atoms with Crippen molar-refractivity contribution in [2.45, 2.75) is 5.92 Å². The maximum atomic E-state index is 13.1. The zero-order valence-electron chi connectivity index (χ0n) is 8.48. The van der Waals surface area contributed by atoms with E-state index in [-0.39, 0.29) is 0 Å². The Hall–Kier alpha value is -1.56. The fourth-order valence-corrected chi connectivity index (χ4v) is 0.935. The highest BCUT2D eigenvalue weighted by atomic mass is 19.3. The fraction of sp³-hybridized carbons (Fsp3) is 0.200. The van der Waals surface area contributed by atoms with Crippen LogP contribution in [0, 0.1) is 0 Å². The van der Waals surface area contributed by atoms with E-state index >= 15 is 0 Å². The van der Waals surface area contributed by atoms with Crippen molar-refractivity contribution in [3.63, 3.8) is 0 Å². The topological polar surface area (TPSA) is 38.7 Å². The Bertz CT molecular complexity index is 330. The summed E-state index contributed by atoms with van der Waals surface area (Å²) in [6.45, 7) is -0.775. The lowest BCUT2D eigenvalue weighted by Gasteiger charge is -2.12. The molecule has 86 valence electrons. The molecule has 1 rings (SSSR count). The number of para-hydroxylation sites is 1. The van der Waals surface area contributed by atoms with Crippen LogP contribution in [0.15, 0.2) is 42.7 Å². The normalized spacial score (nSPS) is 11.4. The van der Waals surface area contributed by atoms with Gasteiger partial charge in [0.25, 0.3) is 0 Å². The van der Waals surface area contributed by atoms with Crippen LogP contribution >= 0.6 is 0 Å². The lowest BCUT2D eigenvalue weighted by molar-refractivity contribution is 0.00377. The van der Waals surface area contributed by atoms with Crippen LogP contribution in [-0.4, -0.2) is 25.2 Å². The summed E-state index contributed by atoms with van der Waals surface area (Å²) in [5, 5.41) is 8.22. The van der Waals surface area contributed by atoms with Gasteiger partial charge in [-0.15, -0.1) is 0 Å². The number of halogens is 2. The van der Waals surface area contributed by atoms with E-state index in [0.717, 1.165) is 6.26 Å². The van der Waals surface area contributed by atoms with Crippen molar-refractivity contribution in [1.82, 2.24) is 0 Å². The minimum absolute atomic E-state index is 0.374. The Kier molecular flexibility index (Phi) is 4.79. The predicted octanol–water partition coefficient (Wildman–Crippen LogP) is 1.49. The summed E-state index contributed by atoms with van der Waals surface area (Å²) in [4.78, 5) is 0. The van der Waals surface area contributed by atoms with Crippen molar-refractivity contribution in [2.24, 2.45) is 0 Å². The minimum Gasteiger partial charge on any atom is -0.545 e. The molecule has 0 spiro atoms. The lowest BCUT2D eigenvalue weighted by Crippen LogP contribution is -2.23. The van der Waals surface area contributed by atoms with Gasteiger partial charge in [0.2, 0.25) is 0 Å². The maximum Gasteiger partial charge on any atom is 0.503 e. The minimum atomic E-state index is -3.13. The monoisotopic (exact) mass is 228 g/mol. The second-order valence-electron chi connectivity index (χ2n) is 2.96. The molecule has 0 fully saturated rings. The summed E-state index contributed by atoms with van der Waals surface area (Å²) in [5.74, 6) is -2.76. The standard InChI is InChI=1S/C10H11BF2O3/c12-10(13,6-7-16-11-14)8-15-9-4-2-1-3-5-9/h1-7,11,14H,8H2/b7-6+. The molecule has 6 heteroatoms. The molecule has 1 aromatic rings. The third-order valence-corrected chi connectivity index (χ3v) is 1.66. The number of benzene rings is 1. The molecule has 0 unspecified atom stereocenters. The molecule has 0 saturated carbocycles. The average molecular weight is 228 g/mol. The van der Waals surface area contributed by atoms with E-state index in [4.69, 9.17) is 9.76 Å². The summed E-state index contributed by atoms with van der Waals surface area (Å²) in [6.07, 6.45) is 1.28. The SMILES string of the molecule is OBO/C=C/C(F)(F)COc1ccccc1. The van der Waals surface area contributed by atoms with E-state index in [0.29, 0.717) is 11.8 Å². The zero-order chi connectivity index (χ0) is 11.9. The highest BCUT2D eigenvalue weighted by molar-refractivity contribution is 6.16. The Labute approximate surface area is 92.6 Å². The first-order chi connectivity index (χ1) is 7.64. The molecule has 1 aromatic carbocycles. The van der Waals surface area contributed by atoms with Gasteiger partial charge in [0.1, 0.15) is 5.75 Å². The molecule has 0 aliphatic heterocycles. The quantitative estimate of drug-likeness (QED) is 0.592. The van der Waals surface area contributed by atoms with Crippen LogP contribution in [0.25, 0.3) is 0 Å². The molecule has 0 atom stereocenters. The van der Waals surface area contributed by atoms with Crippen molar-refractivity contribution < 1.29 is 23.2 Å². The molecule has 1 N–H and O–H groups in total. The van der Waals surface area contributed by atoms with Crippen LogP contribution in [0.2, 0.25) is 0 Å². The second-order valence-corrected chi connectivity index (χ2v) is 2.96. The Morgan fingerprint density at radius 3 is 2.62 bits per heavy atom. The van der Waals surface area contributed by atoms with Crippen LogP contribution in [0.5, 0.6) is 5.75 Å². The van der Waals surface area contributed by atoms with Crippen LogP contribution in [0.4, 0.5) is 8.78 Å². The van der Waals surface area contributed by atoms with Crippen molar-refractivity contribution in [3.05, 3.63) is 42.7 Å². The van der Waals surface area contributed by atoms with Gasteiger partial charge in [-0.3, -0.25) is 0 Å². The summed E-state index contributed by atoms with van der Waals surface area (Å²) in [5.41, 5.74) is 0. The number of ether oxygens (including phenoxy) is 1. The van der Waals surface area contributed by atoms with Crippen LogP contribution in [0.3, 0.4) is 0 Å². The van der Waals surface area contributed by atoms with E-state index in [2.05, 4.69) is 4.65 Å². The molecular weight excluding hydrogens is 217 g/mol. The average Bonchev–Trinajstić information content (AvgIpc) is 2.28. The molecule has 0 aliphatic rings.